The second-order valence-electron chi connectivity index (χ2n) is 4.95. The number of aromatic hydroxyl groups is 1. The summed E-state index contributed by atoms with van der Waals surface area (Å²) in [5, 5.41) is 14.0. The number of carbonyl (C=O) groups is 2. The third-order valence-electron chi connectivity index (χ3n) is 3.24. The maximum atomic E-state index is 13.4. The molecule has 120 valence electrons. The van der Waals surface area contributed by atoms with E-state index in [1.165, 1.54) is 6.07 Å². The Balaban J connectivity index is 1.73. The number of hydrogen-bond donors (Lipinski definition) is 3. The van der Waals surface area contributed by atoms with Gasteiger partial charge >= 0.3 is 11.8 Å². The zero-order chi connectivity index (χ0) is 16.7. The Bertz CT molecular complexity index is 686. The Hall–Kier alpha value is -2.89. The number of benzene rings is 2. The van der Waals surface area contributed by atoms with Gasteiger partial charge in [0.2, 0.25) is 0 Å². The van der Waals surface area contributed by atoms with Crippen LogP contribution in [0.25, 0.3) is 0 Å². The SMILES string of the molecule is O=C(NCCc1ccc(O)cc1)C(=O)NCc1ccccc1F. The minimum Gasteiger partial charge on any atom is -0.508 e. The summed E-state index contributed by atoms with van der Waals surface area (Å²) < 4.78 is 13.4. The molecule has 0 atom stereocenters. The first kappa shape index (κ1) is 16.5. The molecule has 6 heteroatoms. The Morgan fingerprint density at radius 3 is 2.30 bits per heavy atom. The quantitative estimate of drug-likeness (QED) is 0.732. The second-order valence-corrected chi connectivity index (χ2v) is 4.95. The van der Waals surface area contributed by atoms with Gasteiger partial charge in [-0.3, -0.25) is 9.59 Å². The predicted molar refractivity (Wildman–Crippen MR) is 83.1 cm³/mol. The van der Waals surface area contributed by atoms with E-state index in [1.807, 2.05) is 0 Å². The predicted octanol–water partition coefficient (Wildman–Crippen LogP) is 1.51. The highest BCUT2D eigenvalue weighted by molar-refractivity contribution is 6.35. The number of halogens is 1. The molecule has 0 aliphatic heterocycles. The van der Waals surface area contributed by atoms with Crippen LogP contribution in [-0.2, 0) is 22.6 Å². The highest BCUT2D eigenvalue weighted by atomic mass is 19.1. The van der Waals surface area contributed by atoms with E-state index in [-0.39, 0.29) is 18.8 Å². The fourth-order valence-electron chi connectivity index (χ4n) is 1.96. The van der Waals surface area contributed by atoms with Crippen molar-refractivity contribution >= 4 is 11.8 Å². The lowest BCUT2D eigenvalue weighted by molar-refractivity contribution is -0.139. The number of phenolic OH excluding ortho intramolecular Hbond substituents is 1. The second kappa shape index (κ2) is 7.93. The first-order chi connectivity index (χ1) is 11.1. The van der Waals surface area contributed by atoms with Crippen LogP contribution >= 0.6 is 0 Å². The molecule has 0 radical (unpaired) electrons. The maximum absolute atomic E-state index is 13.4. The van der Waals surface area contributed by atoms with Gasteiger partial charge < -0.3 is 15.7 Å². The molecule has 2 aromatic carbocycles. The van der Waals surface area contributed by atoms with Crippen LogP contribution in [0.15, 0.2) is 48.5 Å². The molecule has 2 aromatic rings. The average molecular weight is 316 g/mol. The van der Waals surface area contributed by atoms with Crippen LogP contribution in [0.3, 0.4) is 0 Å². The Morgan fingerprint density at radius 2 is 1.61 bits per heavy atom. The van der Waals surface area contributed by atoms with E-state index in [4.69, 9.17) is 5.11 Å². The number of rotatable bonds is 5. The Labute approximate surface area is 133 Å². The van der Waals surface area contributed by atoms with Gasteiger partial charge in [-0.25, -0.2) is 4.39 Å². The van der Waals surface area contributed by atoms with Crippen molar-refractivity contribution in [1.82, 2.24) is 10.6 Å². The standard InChI is InChI=1S/C17H17FN2O3/c18-15-4-2-1-3-13(15)11-20-17(23)16(22)19-10-9-12-5-7-14(21)8-6-12/h1-8,21H,9-11H2,(H,19,22)(H,20,23). The molecule has 0 aliphatic rings. The normalized spacial score (nSPS) is 10.1. The van der Waals surface area contributed by atoms with Gasteiger partial charge in [0.1, 0.15) is 11.6 Å². The van der Waals surface area contributed by atoms with Crippen LogP contribution in [0.4, 0.5) is 4.39 Å². The summed E-state index contributed by atoms with van der Waals surface area (Å²) in [6.07, 6.45) is 0.534. The molecule has 0 spiro atoms. The highest BCUT2D eigenvalue weighted by Crippen LogP contribution is 2.09. The summed E-state index contributed by atoms with van der Waals surface area (Å²) in [6.45, 7) is 0.244. The molecule has 0 fully saturated rings. The summed E-state index contributed by atoms with van der Waals surface area (Å²) in [4.78, 5) is 23.3. The van der Waals surface area contributed by atoms with Gasteiger partial charge in [-0.15, -0.1) is 0 Å². The molecule has 0 saturated heterocycles. The van der Waals surface area contributed by atoms with Crippen molar-refractivity contribution in [2.45, 2.75) is 13.0 Å². The lowest BCUT2D eigenvalue weighted by Gasteiger charge is -2.07. The zero-order valence-electron chi connectivity index (χ0n) is 12.4. The first-order valence-electron chi connectivity index (χ1n) is 7.13. The molecule has 2 amide bonds. The van der Waals surface area contributed by atoms with Gasteiger partial charge in [0.25, 0.3) is 0 Å². The molecular formula is C17H17FN2O3. The molecule has 0 saturated carbocycles. The number of phenols is 1. The fourth-order valence-corrected chi connectivity index (χ4v) is 1.96. The van der Waals surface area contributed by atoms with Gasteiger partial charge in [-0.2, -0.15) is 0 Å². The van der Waals surface area contributed by atoms with Crippen molar-refractivity contribution in [2.75, 3.05) is 6.54 Å². The Kier molecular flexibility index (Phi) is 5.68. The lowest BCUT2D eigenvalue weighted by atomic mass is 10.1. The van der Waals surface area contributed by atoms with E-state index in [9.17, 15) is 14.0 Å². The van der Waals surface area contributed by atoms with E-state index in [0.29, 0.717) is 12.0 Å². The largest absolute Gasteiger partial charge is 0.508 e. The third kappa shape index (κ3) is 5.10. The van der Waals surface area contributed by atoms with Gasteiger partial charge in [-0.1, -0.05) is 30.3 Å². The van der Waals surface area contributed by atoms with Gasteiger partial charge in [0.05, 0.1) is 0 Å². The van der Waals surface area contributed by atoms with Gasteiger partial charge in [0, 0.05) is 18.7 Å². The highest BCUT2D eigenvalue weighted by Gasteiger charge is 2.13. The smallest absolute Gasteiger partial charge is 0.309 e. The zero-order valence-corrected chi connectivity index (χ0v) is 12.4. The molecule has 3 N–H and O–H groups in total. The van der Waals surface area contributed by atoms with Crippen molar-refractivity contribution in [2.24, 2.45) is 0 Å². The van der Waals surface area contributed by atoms with E-state index >= 15 is 0 Å². The fraction of sp³-hybridized carbons (Fsp3) is 0.176. The third-order valence-corrected chi connectivity index (χ3v) is 3.24. The molecule has 0 aromatic heterocycles. The van der Waals surface area contributed by atoms with E-state index in [1.54, 1.807) is 42.5 Å². The van der Waals surface area contributed by atoms with Gasteiger partial charge in [-0.05, 0) is 30.2 Å². The monoisotopic (exact) mass is 316 g/mol. The summed E-state index contributed by atoms with van der Waals surface area (Å²) in [5.41, 5.74) is 1.24. The van der Waals surface area contributed by atoms with Crippen LogP contribution in [0.2, 0.25) is 0 Å². The van der Waals surface area contributed by atoms with Crippen molar-refractivity contribution in [3.8, 4) is 5.75 Å². The number of nitrogens with one attached hydrogen (secondary N) is 2. The van der Waals surface area contributed by atoms with Crippen LogP contribution in [0.5, 0.6) is 5.75 Å². The molecule has 23 heavy (non-hydrogen) atoms. The molecule has 0 unspecified atom stereocenters. The summed E-state index contributed by atoms with van der Waals surface area (Å²) in [6, 6.07) is 12.6. The molecule has 2 rings (SSSR count). The van der Waals surface area contributed by atoms with Crippen molar-refractivity contribution in [1.29, 1.82) is 0 Å². The van der Waals surface area contributed by atoms with Crippen molar-refractivity contribution in [3.05, 3.63) is 65.5 Å². The van der Waals surface area contributed by atoms with Gasteiger partial charge in [0.15, 0.2) is 0 Å². The molecule has 0 aliphatic carbocycles. The van der Waals surface area contributed by atoms with Crippen LogP contribution in [0, 0.1) is 5.82 Å². The molecular weight excluding hydrogens is 299 g/mol. The number of carbonyl (C=O) groups excluding carboxylic acids is 2. The van der Waals surface area contributed by atoms with Crippen molar-refractivity contribution in [3.63, 3.8) is 0 Å². The van der Waals surface area contributed by atoms with E-state index in [2.05, 4.69) is 10.6 Å². The number of amides is 2. The van der Waals surface area contributed by atoms with E-state index < -0.39 is 17.6 Å². The lowest BCUT2D eigenvalue weighted by Crippen LogP contribution is -2.40. The van der Waals surface area contributed by atoms with Crippen LogP contribution in [-0.4, -0.2) is 23.5 Å². The minimum absolute atomic E-state index is 0.0448. The maximum Gasteiger partial charge on any atom is 0.309 e. The topological polar surface area (TPSA) is 78.4 Å². The summed E-state index contributed by atoms with van der Waals surface area (Å²) >= 11 is 0. The summed E-state index contributed by atoms with van der Waals surface area (Å²) in [5.74, 6) is -1.83. The number of hydrogen-bond acceptors (Lipinski definition) is 3. The Morgan fingerprint density at radius 1 is 0.957 bits per heavy atom. The minimum atomic E-state index is -0.807. The summed E-state index contributed by atoms with van der Waals surface area (Å²) in [7, 11) is 0. The first-order valence-corrected chi connectivity index (χ1v) is 7.13. The van der Waals surface area contributed by atoms with Crippen molar-refractivity contribution < 1.29 is 19.1 Å². The molecule has 0 bridgehead atoms. The molecule has 5 nitrogen and oxygen atoms in total. The average Bonchev–Trinajstić information content (AvgIpc) is 2.55. The molecule has 0 heterocycles. The van der Waals surface area contributed by atoms with Crippen LogP contribution in [0.1, 0.15) is 11.1 Å². The van der Waals surface area contributed by atoms with Crippen LogP contribution < -0.4 is 10.6 Å². The van der Waals surface area contributed by atoms with E-state index in [0.717, 1.165) is 5.56 Å².